The van der Waals surface area contributed by atoms with Gasteiger partial charge in [-0.15, -0.1) is 24.0 Å². The molecule has 3 nitrogen and oxygen atoms in total. The summed E-state index contributed by atoms with van der Waals surface area (Å²) in [5.74, 6) is 0. The summed E-state index contributed by atoms with van der Waals surface area (Å²) in [7, 11) is 0. The van der Waals surface area contributed by atoms with Crippen LogP contribution in [0, 0.1) is 0 Å². The Kier molecular flexibility index (Phi) is 8.33. The van der Waals surface area contributed by atoms with Gasteiger partial charge in [-0.2, -0.15) is 0 Å². The van der Waals surface area contributed by atoms with E-state index in [4.69, 9.17) is 16.7 Å². The van der Waals surface area contributed by atoms with Crippen LogP contribution in [0.5, 0.6) is 0 Å². The number of nitrogens with one attached hydrogen (secondary N) is 1. The summed E-state index contributed by atoms with van der Waals surface area (Å²) in [6.45, 7) is 0. The van der Waals surface area contributed by atoms with Crippen LogP contribution in [0.2, 0.25) is 0 Å². The summed E-state index contributed by atoms with van der Waals surface area (Å²) in [6, 6.07) is -0.0463. The average molecular weight is 146 g/mol. The molecule has 0 aliphatic heterocycles. The highest BCUT2D eigenvalue weighted by Crippen LogP contribution is 1.63. The van der Waals surface area contributed by atoms with Crippen LogP contribution in [-0.2, 0) is 0 Å². The zero-order valence-electron chi connectivity index (χ0n) is 3.35. The van der Waals surface area contributed by atoms with Gasteiger partial charge >= 0.3 is 6.09 Å². The third-order valence-corrected chi connectivity index (χ3v) is 0.352. The summed E-state index contributed by atoms with van der Waals surface area (Å²) in [4.78, 5) is 9.40. The fourth-order valence-electron chi connectivity index (χ4n) is 0.0572. The van der Waals surface area contributed by atoms with Crippen molar-refractivity contribution in [1.29, 1.82) is 0 Å². The molecular formula is C2H5Cl2NO2. The molecule has 7 heavy (non-hydrogen) atoms. The lowest BCUT2D eigenvalue weighted by atomic mass is 11.1. The predicted octanol–water partition coefficient (Wildman–Crippen LogP) is 0.872. The first-order valence-electron chi connectivity index (χ1n) is 1.30. The van der Waals surface area contributed by atoms with E-state index >= 15 is 0 Å². The molecule has 0 heterocycles. The van der Waals surface area contributed by atoms with Gasteiger partial charge in [0.25, 0.3) is 0 Å². The third-order valence-electron chi connectivity index (χ3n) is 0.218. The molecule has 0 aliphatic rings. The van der Waals surface area contributed by atoms with Crippen LogP contribution in [0.4, 0.5) is 4.79 Å². The Morgan fingerprint density at radius 1 is 1.86 bits per heavy atom. The number of amides is 1. The van der Waals surface area contributed by atoms with E-state index in [1.807, 2.05) is 5.32 Å². The molecule has 0 atom stereocenters. The molecule has 5 heteroatoms. The van der Waals surface area contributed by atoms with E-state index in [1.165, 1.54) is 0 Å². The van der Waals surface area contributed by atoms with Crippen molar-refractivity contribution < 1.29 is 9.90 Å². The van der Waals surface area contributed by atoms with Crippen molar-refractivity contribution in [2.24, 2.45) is 0 Å². The second-order valence-electron chi connectivity index (χ2n) is 0.616. The van der Waals surface area contributed by atoms with Crippen LogP contribution < -0.4 is 5.32 Å². The molecule has 0 rings (SSSR count). The standard InChI is InChI=1S/C2H4ClNO2.ClH/c3-1-4-2(5)6;/h4H,1H2,(H,5,6);1H. The topological polar surface area (TPSA) is 49.3 Å². The van der Waals surface area contributed by atoms with Crippen molar-refractivity contribution in [3.8, 4) is 0 Å². The summed E-state index contributed by atoms with van der Waals surface area (Å²) < 4.78 is 0. The van der Waals surface area contributed by atoms with Crippen molar-refractivity contribution in [1.82, 2.24) is 5.32 Å². The fraction of sp³-hybridized carbons (Fsp3) is 0.500. The first-order chi connectivity index (χ1) is 2.77. The number of carboxylic acid groups (broad SMARTS) is 1. The van der Waals surface area contributed by atoms with Crippen LogP contribution in [0.1, 0.15) is 0 Å². The molecule has 0 saturated carbocycles. The SMILES string of the molecule is Cl.O=C(O)NCCl. The maximum atomic E-state index is 9.40. The van der Waals surface area contributed by atoms with Gasteiger partial charge in [-0.05, 0) is 0 Å². The number of halogens is 2. The van der Waals surface area contributed by atoms with Crippen LogP contribution >= 0.6 is 24.0 Å². The molecule has 0 fully saturated rings. The summed E-state index contributed by atoms with van der Waals surface area (Å²) in [5.41, 5.74) is 0. The fourth-order valence-corrected chi connectivity index (χ4v) is 0.171. The Morgan fingerprint density at radius 2 is 2.29 bits per heavy atom. The quantitative estimate of drug-likeness (QED) is 0.426. The van der Waals surface area contributed by atoms with Crippen LogP contribution in [0.25, 0.3) is 0 Å². The van der Waals surface area contributed by atoms with E-state index in [0.29, 0.717) is 0 Å². The Morgan fingerprint density at radius 3 is 2.29 bits per heavy atom. The molecule has 0 aromatic heterocycles. The minimum Gasteiger partial charge on any atom is -0.465 e. The maximum absolute atomic E-state index is 9.40. The molecule has 2 N–H and O–H groups in total. The molecule has 0 unspecified atom stereocenters. The summed E-state index contributed by atoms with van der Waals surface area (Å²) in [6.07, 6.45) is -1.09. The second kappa shape index (κ2) is 5.85. The number of hydrogen-bond donors (Lipinski definition) is 2. The lowest BCUT2D eigenvalue weighted by molar-refractivity contribution is 0.196. The zero-order valence-corrected chi connectivity index (χ0v) is 4.92. The molecule has 0 spiro atoms. The Labute approximate surface area is 52.1 Å². The largest absolute Gasteiger partial charge is 0.465 e. The molecule has 0 aromatic carbocycles. The molecular weight excluding hydrogens is 141 g/mol. The molecule has 0 radical (unpaired) electrons. The van der Waals surface area contributed by atoms with E-state index in [0.717, 1.165) is 0 Å². The van der Waals surface area contributed by atoms with Gasteiger partial charge in [-0.1, -0.05) is 0 Å². The van der Waals surface area contributed by atoms with Gasteiger partial charge in [0.1, 0.15) is 0 Å². The van der Waals surface area contributed by atoms with Gasteiger partial charge in [-0.25, -0.2) is 4.79 Å². The molecule has 0 aliphatic carbocycles. The maximum Gasteiger partial charge on any atom is 0.405 e. The minimum atomic E-state index is -1.09. The van der Waals surface area contributed by atoms with Crippen molar-refractivity contribution in [3.63, 3.8) is 0 Å². The minimum absolute atomic E-state index is 0. The van der Waals surface area contributed by atoms with E-state index in [9.17, 15) is 4.79 Å². The molecule has 44 valence electrons. The van der Waals surface area contributed by atoms with Crippen LogP contribution in [0.3, 0.4) is 0 Å². The molecule has 0 bridgehead atoms. The molecule has 1 amide bonds. The smallest absolute Gasteiger partial charge is 0.405 e. The van der Waals surface area contributed by atoms with Crippen LogP contribution in [0.15, 0.2) is 0 Å². The van der Waals surface area contributed by atoms with E-state index in [2.05, 4.69) is 0 Å². The Balaban J connectivity index is 0. The monoisotopic (exact) mass is 145 g/mol. The van der Waals surface area contributed by atoms with Crippen molar-refractivity contribution in [2.45, 2.75) is 0 Å². The van der Waals surface area contributed by atoms with E-state index in [-0.39, 0.29) is 18.4 Å². The lowest BCUT2D eigenvalue weighted by Crippen LogP contribution is -2.17. The lowest BCUT2D eigenvalue weighted by Gasteiger charge is -1.85. The number of rotatable bonds is 1. The number of alkyl halides is 1. The van der Waals surface area contributed by atoms with E-state index < -0.39 is 6.09 Å². The van der Waals surface area contributed by atoms with Crippen molar-refractivity contribution in [2.75, 3.05) is 6.00 Å². The first-order valence-corrected chi connectivity index (χ1v) is 1.83. The molecule has 0 aromatic rings. The van der Waals surface area contributed by atoms with E-state index in [1.54, 1.807) is 0 Å². The highest BCUT2D eigenvalue weighted by Gasteiger charge is 1.84. The van der Waals surface area contributed by atoms with Crippen molar-refractivity contribution in [3.05, 3.63) is 0 Å². The average Bonchev–Trinajstić information content (AvgIpc) is 1.35. The highest BCUT2D eigenvalue weighted by molar-refractivity contribution is 6.18. The van der Waals surface area contributed by atoms with Crippen LogP contribution in [-0.4, -0.2) is 17.2 Å². The number of hydrogen-bond acceptors (Lipinski definition) is 1. The van der Waals surface area contributed by atoms with Gasteiger partial charge in [0, 0.05) is 0 Å². The predicted molar refractivity (Wildman–Crippen MR) is 29.1 cm³/mol. The van der Waals surface area contributed by atoms with Gasteiger partial charge in [-0.3, -0.25) is 0 Å². The third kappa shape index (κ3) is 10.7. The van der Waals surface area contributed by atoms with Gasteiger partial charge in [0.05, 0.1) is 6.00 Å². The highest BCUT2D eigenvalue weighted by atomic mass is 35.5. The normalized spacial score (nSPS) is 6.43. The zero-order chi connectivity index (χ0) is 4.99. The Bertz CT molecular complexity index is 57.7. The molecule has 0 saturated heterocycles. The van der Waals surface area contributed by atoms with Crippen molar-refractivity contribution >= 4 is 30.1 Å². The summed E-state index contributed by atoms with van der Waals surface area (Å²) >= 11 is 4.90. The van der Waals surface area contributed by atoms with Gasteiger partial charge in [0.2, 0.25) is 0 Å². The second-order valence-corrected chi connectivity index (χ2v) is 0.883. The van der Waals surface area contributed by atoms with Gasteiger partial charge in [0.15, 0.2) is 0 Å². The first kappa shape index (κ1) is 9.97. The van der Waals surface area contributed by atoms with Gasteiger partial charge < -0.3 is 10.4 Å². The number of carbonyl (C=O) groups is 1. The Hall–Kier alpha value is -0.150. The summed E-state index contributed by atoms with van der Waals surface area (Å²) in [5, 5.41) is 9.61.